The highest BCUT2D eigenvalue weighted by molar-refractivity contribution is 7.89. The van der Waals surface area contributed by atoms with Crippen molar-refractivity contribution in [3.8, 4) is 5.75 Å². The maximum atomic E-state index is 12.5. The Morgan fingerprint density at radius 1 is 1.04 bits per heavy atom. The van der Waals surface area contributed by atoms with Crippen LogP contribution < -0.4 is 15.8 Å². The molecule has 2 aromatic rings. The van der Waals surface area contributed by atoms with Crippen molar-refractivity contribution in [3.05, 3.63) is 54.1 Å². The van der Waals surface area contributed by atoms with Crippen molar-refractivity contribution in [3.63, 3.8) is 0 Å². The van der Waals surface area contributed by atoms with Crippen molar-refractivity contribution < 1.29 is 22.7 Å². The van der Waals surface area contributed by atoms with Crippen LogP contribution in [0.15, 0.2) is 53.4 Å². The summed E-state index contributed by atoms with van der Waals surface area (Å²) in [5.41, 5.74) is 5.90. The third-order valence-corrected chi connectivity index (χ3v) is 6.27. The lowest BCUT2D eigenvalue weighted by atomic mass is 10.2. The fourth-order valence-electron chi connectivity index (χ4n) is 2.92. The fraction of sp³-hybridized carbons (Fsp3) is 0.263. The second kappa shape index (κ2) is 8.41. The molecule has 0 spiro atoms. The van der Waals surface area contributed by atoms with Gasteiger partial charge in [0.15, 0.2) is 6.61 Å². The van der Waals surface area contributed by atoms with E-state index in [0.29, 0.717) is 18.8 Å². The molecular formula is C19H21N3O5S. The summed E-state index contributed by atoms with van der Waals surface area (Å²) in [6.07, 6.45) is 1.73. The summed E-state index contributed by atoms with van der Waals surface area (Å²) in [4.78, 5) is 23.6. The van der Waals surface area contributed by atoms with Crippen LogP contribution in [0.4, 0.5) is 5.69 Å². The first kappa shape index (κ1) is 19.8. The zero-order valence-corrected chi connectivity index (χ0v) is 15.9. The largest absolute Gasteiger partial charge is 0.483 e. The van der Waals surface area contributed by atoms with Crippen LogP contribution in [0.5, 0.6) is 5.75 Å². The molecule has 1 heterocycles. The summed E-state index contributed by atoms with van der Waals surface area (Å²) in [5.74, 6) is -0.877. The van der Waals surface area contributed by atoms with Crippen LogP contribution in [0.2, 0.25) is 0 Å². The van der Waals surface area contributed by atoms with Crippen molar-refractivity contribution in [2.75, 3.05) is 25.0 Å². The maximum absolute atomic E-state index is 12.5. The van der Waals surface area contributed by atoms with Gasteiger partial charge in [-0.2, -0.15) is 4.31 Å². The number of rotatable bonds is 7. The zero-order chi connectivity index (χ0) is 20.1. The van der Waals surface area contributed by atoms with Crippen molar-refractivity contribution in [2.45, 2.75) is 17.7 Å². The van der Waals surface area contributed by atoms with E-state index in [0.717, 1.165) is 12.8 Å². The Morgan fingerprint density at radius 3 is 2.32 bits per heavy atom. The molecule has 2 amide bonds. The number of carbonyl (C=O) groups excluding carboxylic acids is 2. The number of hydrogen-bond acceptors (Lipinski definition) is 5. The van der Waals surface area contributed by atoms with Crippen LogP contribution >= 0.6 is 0 Å². The van der Waals surface area contributed by atoms with Gasteiger partial charge in [0.2, 0.25) is 10.0 Å². The summed E-state index contributed by atoms with van der Waals surface area (Å²) in [5, 5.41) is 2.62. The molecular weight excluding hydrogens is 382 g/mol. The van der Waals surface area contributed by atoms with Gasteiger partial charge in [0.05, 0.1) is 10.5 Å². The number of carbonyl (C=O) groups is 2. The Morgan fingerprint density at radius 2 is 1.68 bits per heavy atom. The third-order valence-electron chi connectivity index (χ3n) is 4.35. The summed E-state index contributed by atoms with van der Waals surface area (Å²) in [6, 6.07) is 12.3. The molecule has 9 heteroatoms. The number of primary amides is 1. The van der Waals surface area contributed by atoms with Gasteiger partial charge in [-0.05, 0) is 49.2 Å². The van der Waals surface area contributed by atoms with E-state index in [2.05, 4.69) is 5.32 Å². The normalized spacial score (nSPS) is 14.6. The number of benzene rings is 2. The van der Waals surface area contributed by atoms with Crippen LogP contribution in [0.25, 0.3) is 0 Å². The Kier molecular flexibility index (Phi) is 5.96. The van der Waals surface area contributed by atoms with Crippen LogP contribution in [0.3, 0.4) is 0 Å². The minimum absolute atomic E-state index is 0.187. The zero-order valence-electron chi connectivity index (χ0n) is 15.1. The topological polar surface area (TPSA) is 119 Å². The average Bonchev–Trinajstić information content (AvgIpc) is 3.23. The van der Waals surface area contributed by atoms with E-state index in [1.807, 2.05) is 0 Å². The SMILES string of the molecule is NC(=O)c1ccccc1OCC(=O)Nc1ccc(S(=O)(=O)N2CCCC2)cc1. The predicted molar refractivity (Wildman–Crippen MR) is 104 cm³/mol. The Labute approximate surface area is 163 Å². The Balaban J connectivity index is 1.60. The number of hydrogen-bond donors (Lipinski definition) is 2. The number of nitrogens with one attached hydrogen (secondary N) is 1. The summed E-state index contributed by atoms with van der Waals surface area (Å²) < 4.78 is 31.8. The highest BCUT2D eigenvalue weighted by Crippen LogP contribution is 2.22. The van der Waals surface area contributed by atoms with E-state index in [4.69, 9.17) is 10.5 Å². The standard InChI is InChI=1S/C19H21N3O5S/c20-19(24)16-5-1-2-6-17(16)27-13-18(23)21-14-7-9-15(10-8-14)28(25,26)22-11-3-4-12-22/h1-2,5-10H,3-4,11-13H2,(H2,20,24)(H,21,23). The third kappa shape index (κ3) is 4.49. The molecule has 28 heavy (non-hydrogen) atoms. The van der Waals surface area contributed by atoms with E-state index in [-0.39, 0.29) is 22.8 Å². The fourth-order valence-corrected chi connectivity index (χ4v) is 4.44. The molecule has 0 aliphatic carbocycles. The van der Waals surface area contributed by atoms with Gasteiger partial charge >= 0.3 is 0 Å². The van der Waals surface area contributed by atoms with Gasteiger partial charge in [0, 0.05) is 18.8 Å². The molecule has 0 saturated carbocycles. The van der Waals surface area contributed by atoms with Gasteiger partial charge in [0.25, 0.3) is 11.8 Å². The minimum Gasteiger partial charge on any atom is -0.483 e. The monoisotopic (exact) mass is 403 g/mol. The van der Waals surface area contributed by atoms with Gasteiger partial charge in [-0.25, -0.2) is 8.42 Å². The summed E-state index contributed by atoms with van der Waals surface area (Å²) >= 11 is 0. The number of para-hydroxylation sites is 1. The molecule has 0 radical (unpaired) electrons. The van der Waals surface area contributed by atoms with Crippen molar-refractivity contribution in [1.82, 2.24) is 4.31 Å². The lowest BCUT2D eigenvalue weighted by Gasteiger charge is -2.15. The quantitative estimate of drug-likeness (QED) is 0.728. The van der Waals surface area contributed by atoms with Crippen LogP contribution in [-0.4, -0.2) is 44.2 Å². The molecule has 1 aliphatic rings. The summed E-state index contributed by atoms with van der Waals surface area (Å²) in [6.45, 7) is 0.744. The molecule has 0 bridgehead atoms. The number of amides is 2. The first-order chi connectivity index (χ1) is 13.4. The van der Waals surface area contributed by atoms with E-state index in [1.54, 1.807) is 18.2 Å². The van der Waals surface area contributed by atoms with E-state index < -0.39 is 21.8 Å². The van der Waals surface area contributed by atoms with Crippen LogP contribution in [-0.2, 0) is 14.8 Å². The van der Waals surface area contributed by atoms with Gasteiger partial charge < -0.3 is 15.8 Å². The molecule has 1 aliphatic heterocycles. The first-order valence-electron chi connectivity index (χ1n) is 8.79. The second-order valence-electron chi connectivity index (χ2n) is 6.33. The minimum atomic E-state index is -3.49. The molecule has 2 aromatic carbocycles. The summed E-state index contributed by atoms with van der Waals surface area (Å²) in [7, 11) is -3.49. The molecule has 3 N–H and O–H groups in total. The second-order valence-corrected chi connectivity index (χ2v) is 8.27. The molecule has 1 fully saturated rings. The van der Waals surface area contributed by atoms with E-state index in [1.165, 1.54) is 34.6 Å². The molecule has 0 aromatic heterocycles. The molecule has 0 atom stereocenters. The number of nitrogens with two attached hydrogens (primary N) is 1. The lowest BCUT2D eigenvalue weighted by Crippen LogP contribution is -2.27. The van der Waals surface area contributed by atoms with Gasteiger partial charge in [-0.1, -0.05) is 12.1 Å². The first-order valence-corrected chi connectivity index (χ1v) is 10.2. The van der Waals surface area contributed by atoms with Gasteiger partial charge in [0.1, 0.15) is 5.75 Å². The van der Waals surface area contributed by atoms with Crippen LogP contribution in [0, 0.1) is 0 Å². The number of anilines is 1. The van der Waals surface area contributed by atoms with E-state index in [9.17, 15) is 18.0 Å². The van der Waals surface area contributed by atoms with Gasteiger partial charge in [-0.3, -0.25) is 9.59 Å². The molecule has 148 valence electrons. The Hall–Kier alpha value is -2.91. The lowest BCUT2D eigenvalue weighted by molar-refractivity contribution is -0.118. The predicted octanol–water partition coefficient (Wildman–Crippen LogP) is 1.59. The number of ether oxygens (including phenoxy) is 1. The molecule has 0 unspecified atom stereocenters. The van der Waals surface area contributed by atoms with Crippen molar-refractivity contribution in [1.29, 1.82) is 0 Å². The number of sulfonamides is 1. The van der Waals surface area contributed by atoms with Crippen LogP contribution in [0.1, 0.15) is 23.2 Å². The highest BCUT2D eigenvalue weighted by Gasteiger charge is 2.26. The molecule has 3 rings (SSSR count). The van der Waals surface area contributed by atoms with Crippen molar-refractivity contribution in [2.24, 2.45) is 5.73 Å². The Bertz CT molecular complexity index is 967. The maximum Gasteiger partial charge on any atom is 0.262 e. The highest BCUT2D eigenvalue weighted by atomic mass is 32.2. The van der Waals surface area contributed by atoms with E-state index >= 15 is 0 Å². The molecule has 8 nitrogen and oxygen atoms in total. The molecule has 1 saturated heterocycles. The number of nitrogens with zero attached hydrogens (tertiary/aromatic N) is 1. The smallest absolute Gasteiger partial charge is 0.262 e. The van der Waals surface area contributed by atoms with Crippen molar-refractivity contribution >= 4 is 27.5 Å². The average molecular weight is 403 g/mol. The van der Waals surface area contributed by atoms with Gasteiger partial charge in [-0.15, -0.1) is 0 Å².